The van der Waals surface area contributed by atoms with E-state index in [1.165, 1.54) is 11.3 Å². The van der Waals surface area contributed by atoms with Gasteiger partial charge in [-0.15, -0.1) is 11.3 Å². The van der Waals surface area contributed by atoms with Crippen LogP contribution in [0.4, 0.5) is 0 Å². The highest BCUT2D eigenvalue weighted by Gasteiger charge is 2.09. The SMILES string of the molecule is CCCC(O)CNC(=O)c1ccc(CNC(=O)c2cccs2)cc1. The van der Waals surface area contributed by atoms with Gasteiger partial charge in [0.2, 0.25) is 0 Å². The minimum Gasteiger partial charge on any atom is -0.391 e. The van der Waals surface area contributed by atoms with E-state index in [-0.39, 0.29) is 18.4 Å². The fourth-order valence-corrected chi connectivity index (χ4v) is 2.84. The van der Waals surface area contributed by atoms with Crippen molar-refractivity contribution in [3.63, 3.8) is 0 Å². The summed E-state index contributed by atoms with van der Waals surface area (Å²) >= 11 is 1.40. The largest absolute Gasteiger partial charge is 0.391 e. The molecule has 0 bridgehead atoms. The van der Waals surface area contributed by atoms with Gasteiger partial charge in [-0.25, -0.2) is 0 Å². The standard InChI is InChI=1S/C18H22N2O3S/c1-2-4-15(21)12-20-17(22)14-8-6-13(7-9-14)11-19-18(23)16-5-3-10-24-16/h3,5-10,15,21H,2,4,11-12H2,1H3,(H,19,23)(H,20,22). The summed E-state index contributed by atoms with van der Waals surface area (Å²) in [6.45, 7) is 2.65. The number of rotatable bonds is 8. The van der Waals surface area contributed by atoms with Gasteiger partial charge in [0, 0.05) is 18.7 Å². The number of aliphatic hydroxyl groups excluding tert-OH is 1. The van der Waals surface area contributed by atoms with Crippen LogP contribution in [0, 0.1) is 0 Å². The quantitative estimate of drug-likeness (QED) is 0.687. The lowest BCUT2D eigenvalue weighted by molar-refractivity contribution is 0.0909. The van der Waals surface area contributed by atoms with Crippen LogP contribution in [-0.4, -0.2) is 29.6 Å². The molecule has 5 nitrogen and oxygen atoms in total. The monoisotopic (exact) mass is 346 g/mol. The first-order valence-corrected chi connectivity index (χ1v) is 8.85. The molecule has 1 heterocycles. The van der Waals surface area contributed by atoms with Gasteiger partial charge < -0.3 is 15.7 Å². The first-order valence-electron chi connectivity index (χ1n) is 7.97. The molecule has 2 rings (SSSR count). The molecule has 1 aromatic carbocycles. The zero-order valence-corrected chi connectivity index (χ0v) is 14.4. The van der Waals surface area contributed by atoms with Crippen molar-refractivity contribution >= 4 is 23.2 Å². The highest BCUT2D eigenvalue weighted by Crippen LogP contribution is 2.09. The Balaban J connectivity index is 1.81. The van der Waals surface area contributed by atoms with Gasteiger partial charge >= 0.3 is 0 Å². The van der Waals surface area contributed by atoms with E-state index in [0.717, 1.165) is 12.0 Å². The van der Waals surface area contributed by atoms with E-state index in [4.69, 9.17) is 0 Å². The van der Waals surface area contributed by atoms with Crippen LogP contribution in [-0.2, 0) is 6.54 Å². The van der Waals surface area contributed by atoms with Crippen molar-refractivity contribution in [1.29, 1.82) is 0 Å². The first kappa shape index (κ1) is 18.2. The molecule has 0 saturated carbocycles. The smallest absolute Gasteiger partial charge is 0.261 e. The molecule has 0 radical (unpaired) electrons. The Morgan fingerprint density at radius 2 is 1.88 bits per heavy atom. The average Bonchev–Trinajstić information content (AvgIpc) is 3.13. The van der Waals surface area contributed by atoms with E-state index in [2.05, 4.69) is 10.6 Å². The molecule has 1 unspecified atom stereocenters. The van der Waals surface area contributed by atoms with Crippen LogP contribution < -0.4 is 10.6 Å². The second-order valence-electron chi connectivity index (χ2n) is 5.51. The number of benzene rings is 1. The lowest BCUT2D eigenvalue weighted by atomic mass is 10.1. The molecule has 3 N–H and O–H groups in total. The Hall–Kier alpha value is -2.18. The first-order chi connectivity index (χ1) is 11.6. The van der Waals surface area contributed by atoms with Crippen molar-refractivity contribution in [3.8, 4) is 0 Å². The molecule has 6 heteroatoms. The van der Waals surface area contributed by atoms with Crippen LogP contribution in [0.25, 0.3) is 0 Å². The van der Waals surface area contributed by atoms with Crippen LogP contribution in [0.3, 0.4) is 0 Å². The lowest BCUT2D eigenvalue weighted by Gasteiger charge is -2.11. The van der Waals surface area contributed by atoms with Crippen LogP contribution >= 0.6 is 11.3 Å². The Labute approximate surface area is 145 Å². The Morgan fingerprint density at radius 1 is 1.12 bits per heavy atom. The third-order valence-electron chi connectivity index (χ3n) is 3.53. The van der Waals surface area contributed by atoms with Crippen molar-refractivity contribution in [2.24, 2.45) is 0 Å². The predicted molar refractivity (Wildman–Crippen MR) is 95.2 cm³/mol. The number of amides is 2. The fraction of sp³-hybridized carbons (Fsp3) is 0.333. The van der Waals surface area contributed by atoms with Crippen molar-refractivity contribution in [3.05, 3.63) is 57.8 Å². The van der Waals surface area contributed by atoms with E-state index < -0.39 is 6.10 Å². The van der Waals surface area contributed by atoms with Crippen molar-refractivity contribution < 1.29 is 14.7 Å². The Morgan fingerprint density at radius 3 is 2.50 bits per heavy atom. The van der Waals surface area contributed by atoms with Crippen LogP contribution in [0.5, 0.6) is 0 Å². The highest BCUT2D eigenvalue weighted by atomic mass is 32.1. The maximum Gasteiger partial charge on any atom is 0.261 e. The minimum absolute atomic E-state index is 0.100. The second kappa shape index (κ2) is 9.20. The molecule has 0 aliphatic heterocycles. The number of thiophene rings is 1. The number of hydrogen-bond acceptors (Lipinski definition) is 4. The van der Waals surface area contributed by atoms with Gasteiger partial charge in [-0.1, -0.05) is 31.5 Å². The number of hydrogen-bond donors (Lipinski definition) is 3. The summed E-state index contributed by atoms with van der Waals surface area (Å²) in [5.41, 5.74) is 1.45. The Kier molecular flexibility index (Phi) is 6.96. The topological polar surface area (TPSA) is 78.4 Å². The molecule has 2 aromatic rings. The molecule has 128 valence electrons. The van der Waals surface area contributed by atoms with E-state index in [9.17, 15) is 14.7 Å². The summed E-state index contributed by atoms with van der Waals surface area (Å²) in [4.78, 5) is 24.5. The van der Waals surface area contributed by atoms with Crippen LogP contribution in [0.15, 0.2) is 41.8 Å². The van der Waals surface area contributed by atoms with Gasteiger partial charge in [0.05, 0.1) is 11.0 Å². The van der Waals surface area contributed by atoms with E-state index in [1.54, 1.807) is 18.2 Å². The maximum absolute atomic E-state index is 12.0. The second-order valence-corrected chi connectivity index (χ2v) is 6.46. The zero-order chi connectivity index (χ0) is 17.4. The zero-order valence-electron chi connectivity index (χ0n) is 13.6. The summed E-state index contributed by atoms with van der Waals surface area (Å²) in [5, 5.41) is 17.1. The molecule has 24 heavy (non-hydrogen) atoms. The molecular weight excluding hydrogens is 324 g/mol. The van der Waals surface area contributed by atoms with E-state index in [0.29, 0.717) is 23.4 Å². The predicted octanol–water partition coefficient (Wildman–Crippen LogP) is 2.57. The summed E-state index contributed by atoms with van der Waals surface area (Å²) in [5.74, 6) is -0.309. The number of carbonyl (C=O) groups excluding carboxylic acids is 2. The number of aliphatic hydroxyl groups is 1. The average molecular weight is 346 g/mol. The van der Waals surface area contributed by atoms with Crippen LogP contribution in [0.2, 0.25) is 0 Å². The molecule has 0 aliphatic rings. The molecule has 2 amide bonds. The fourth-order valence-electron chi connectivity index (χ4n) is 2.20. The third-order valence-corrected chi connectivity index (χ3v) is 4.40. The molecular formula is C18H22N2O3S. The van der Waals surface area contributed by atoms with Gasteiger partial charge in [0.1, 0.15) is 0 Å². The van der Waals surface area contributed by atoms with E-state index >= 15 is 0 Å². The molecule has 1 aromatic heterocycles. The number of carbonyl (C=O) groups is 2. The summed E-state index contributed by atoms with van der Waals surface area (Å²) in [7, 11) is 0. The normalized spacial score (nSPS) is 11.8. The van der Waals surface area contributed by atoms with Crippen molar-refractivity contribution in [2.45, 2.75) is 32.4 Å². The van der Waals surface area contributed by atoms with Gasteiger partial charge in [0.25, 0.3) is 11.8 Å². The van der Waals surface area contributed by atoms with Gasteiger partial charge in [-0.05, 0) is 35.6 Å². The maximum atomic E-state index is 12.0. The molecule has 0 spiro atoms. The van der Waals surface area contributed by atoms with Crippen LogP contribution in [0.1, 0.15) is 45.4 Å². The molecule has 1 atom stereocenters. The van der Waals surface area contributed by atoms with Gasteiger partial charge in [0.15, 0.2) is 0 Å². The molecule has 0 fully saturated rings. The minimum atomic E-state index is -0.509. The third kappa shape index (κ3) is 5.47. The summed E-state index contributed by atoms with van der Waals surface area (Å²) < 4.78 is 0. The molecule has 0 saturated heterocycles. The Bertz CT molecular complexity index is 653. The molecule has 0 aliphatic carbocycles. The van der Waals surface area contributed by atoms with Gasteiger partial charge in [-0.2, -0.15) is 0 Å². The lowest BCUT2D eigenvalue weighted by Crippen LogP contribution is -2.32. The number of nitrogens with one attached hydrogen (secondary N) is 2. The van der Waals surface area contributed by atoms with Gasteiger partial charge in [-0.3, -0.25) is 9.59 Å². The highest BCUT2D eigenvalue weighted by molar-refractivity contribution is 7.12. The van der Waals surface area contributed by atoms with E-state index in [1.807, 2.05) is 30.5 Å². The van der Waals surface area contributed by atoms with Crippen molar-refractivity contribution in [1.82, 2.24) is 10.6 Å². The summed E-state index contributed by atoms with van der Waals surface area (Å²) in [6.07, 6.45) is 1.04. The summed E-state index contributed by atoms with van der Waals surface area (Å²) in [6, 6.07) is 10.7. The van der Waals surface area contributed by atoms with Crippen molar-refractivity contribution in [2.75, 3.05) is 6.54 Å².